The topological polar surface area (TPSA) is 47.6 Å². The zero-order valence-corrected chi connectivity index (χ0v) is 5.56. The van der Waals surface area contributed by atoms with Crippen molar-refractivity contribution in [2.75, 3.05) is 0 Å². The van der Waals surface area contributed by atoms with E-state index in [-0.39, 0.29) is 0 Å². The number of rotatable bonds is 0. The molecule has 0 spiro atoms. The van der Waals surface area contributed by atoms with Gasteiger partial charge >= 0.3 is 26.2 Å². The summed E-state index contributed by atoms with van der Waals surface area (Å²) in [5, 5.41) is 15.9. The predicted octanol–water partition coefficient (Wildman–Crippen LogP) is -0.234. The predicted molar refractivity (Wildman–Crippen MR) is 27.4 cm³/mol. The Labute approximate surface area is 50.0 Å². The average molecular weight is 165 g/mol. The Morgan fingerprint density at radius 2 is 1.50 bits per heavy atom. The van der Waals surface area contributed by atoms with E-state index >= 15 is 0 Å². The molecule has 0 saturated carbocycles. The van der Waals surface area contributed by atoms with Crippen molar-refractivity contribution in [3.63, 3.8) is 0 Å². The third-order valence-corrected chi connectivity index (χ3v) is 0. The molecule has 0 unspecified atom stereocenters. The van der Waals surface area contributed by atoms with Crippen molar-refractivity contribution in [2.24, 2.45) is 0 Å². The summed E-state index contributed by atoms with van der Waals surface area (Å²) in [5.41, 5.74) is 0. The van der Waals surface area contributed by atoms with E-state index in [1.54, 1.807) is 21.0 Å². The van der Waals surface area contributed by atoms with Gasteiger partial charge < -0.3 is 0 Å². The molecule has 6 heavy (non-hydrogen) atoms. The maximum absolute atomic E-state index is 7.29. The van der Waals surface area contributed by atoms with Gasteiger partial charge in [0.15, 0.2) is 0 Å². The van der Waals surface area contributed by atoms with Crippen molar-refractivity contribution in [3.05, 3.63) is 0 Å². The van der Waals surface area contributed by atoms with Crippen LogP contribution in [0.15, 0.2) is 0 Å². The first-order valence-corrected chi connectivity index (χ1v) is 2.28. The molecule has 0 aromatic rings. The van der Waals surface area contributed by atoms with Gasteiger partial charge in [-0.2, -0.15) is 5.26 Å². The third kappa shape index (κ3) is 1380. The van der Waals surface area contributed by atoms with Crippen LogP contribution in [0, 0.1) is 20.9 Å². The van der Waals surface area contributed by atoms with Crippen molar-refractivity contribution in [1.29, 1.82) is 10.5 Å². The second kappa shape index (κ2) is 21.0. The van der Waals surface area contributed by atoms with Crippen LogP contribution in [0.2, 0.25) is 0 Å². The fraction of sp³-hybridized carbons (Fsp3) is 0. The molecule has 0 fully saturated rings. The Morgan fingerprint density at radius 1 is 1.50 bits per heavy atom. The first kappa shape index (κ1) is 9.28. The number of hydrogen-bond donors (Lipinski definition) is 1. The van der Waals surface area contributed by atoms with Crippen molar-refractivity contribution >= 4 is 28.6 Å². The van der Waals surface area contributed by atoms with Gasteiger partial charge in [-0.1, -0.05) is 12.6 Å². The molecule has 2 nitrogen and oxygen atoms in total. The maximum atomic E-state index is 7.29. The standard InChI is InChI=1S/CHNS.CHNSe/c2*2-1-3/h2*3H. The van der Waals surface area contributed by atoms with Crippen LogP contribution < -0.4 is 0 Å². The first-order chi connectivity index (χ1) is 2.83. The molecule has 0 rings (SSSR count). The van der Waals surface area contributed by atoms with Gasteiger partial charge in [0.2, 0.25) is 0 Å². The van der Waals surface area contributed by atoms with Crippen molar-refractivity contribution < 1.29 is 0 Å². The average Bonchev–Trinajstić information content (AvgIpc) is 1.39. The van der Waals surface area contributed by atoms with Gasteiger partial charge in [-0.05, 0) is 0 Å². The molecule has 0 heterocycles. The summed E-state index contributed by atoms with van der Waals surface area (Å²) >= 11 is 4.86. The van der Waals surface area contributed by atoms with Gasteiger partial charge in [0.1, 0.15) is 5.40 Å². The monoisotopic (exact) mass is 166 g/mol. The van der Waals surface area contributed by atoms with Crippen LogP contribution in [0.5, 0.6) is 0 Å². The van der Waals surface area contributed by atoms with E-state index in [9.17, 15) is 0 Å². The van der Waals surface area contributed by atoms with Crippen LogP contribution in [-0.2, 0) is 0 Å². The summed E-state index contributed by atoms with van der Waals surface area (Å²) < 4.78 is 0. The SMILES string of the molecule is N#CS.N#C[SeH]. The second-order valence-electron chi connectivity index (χ2n) is 0.200. The molecule has 0 amide bonds. The Balaban J connectivity index is 0. The van der Waals surface area contributed by atoms with Crippen LogP contribution in [0.1, 0.15) is 0 Å². The molecule has 0 aromatic heterocycles. The molecule has 32 valence electrons. The molecular weight excluding hydrogens is 163 g/mol. The Bertz CT molecular complexity index is 66.5. The molecule has 0 saturated heterocycles. The van der Waals surface area contributed by atoms with Crippen LogP contribution in [0.3, 0.4) is 0 Å². The van der Waals surface area contributed by atoms with Crippen LogP contribution in [0.4, 0.5) is 0 Å². The summed E-state index contributed by atoms with van der Waals surface area (Å²) in [7, 11) is 0. The summed E-state index contributed by atoms with van der Waals surface area (Å²) in [6, 6.07) is 0. The first-order valence-electron chi connectivity index (χ1n) is 0.894. The van der Waals surface area contributed by atoms with E-state index in [0.717, 1.165) is 0 Å². The van der Waals surface area contributed by atoms with E-state index in [0.29, 0.717) is 0 Å². The Morgan fingerprint density at radius 3 is 1.50 bits per heavy atom. The summed E-state index contributed by atoms with van der Waals surface area (Å²) in [6.45, 7) is 0. The molecule has 0 aromatic carbocycles. The van der Waals surface area contributed by atoms with Crippen molar-refractivity contribution in [1.82, 2.24) is 0 Å². The minimum absolute atomic E-state index is 1.44. The van der Waals surface area contributed by atoms with Gasteiger partial charge in [0.05, 0.1) is 0 Å². The fourth-order valence-electron chi connectivity index (χ4n) is 0. The molecular formula is C2H2N2SSe. The number of hydrogen-bond acceptors (Lipinski definition) is 3. The van der Waals surface area contributed by atoms with E-state index in [1.807, 2.05) is 0 Å². The van der Waals surface area contributed by atoms with E-state index in [1.165, 1.54) is 5.40 Å². The summed E-state index contributed by atoms with van der Waals surface area (Å²) in [6.07, 6.45) is 0. The van der Waals surface area contributed by atoms with Gasteiger partial charge in [-0.15, -0.1) is 0 Å². The van der Waals surface area contributed by atoms with Gasteiger partial charge in [0.25, 0.3) is 0 Å². The molecule has 0 bridgehead atoms. The normalized spacial score (nSPS) is 2.67. The zero-order valence-electron chi connectivity index (χ0n) is 2.79. The van der Waals surface area contributed by atoms with E-state index < -0.39 is 0 Å². The van der Waals surface area contributed by atoms with Crippen LogP contribution in [0.25, 0.3) is 0 Å². The molecule has 0 N–H and O–H groups in total. The Kier molecular flexibility index (Phi) is 32.5. The van der Waals surface area contributed by atoms with E-state index in [2.05, 4.69) is 12.6 Å². The molecule has 0 radical (unpaired) electrons. The van der Waals surface area contributed by atoms with Gasteiger partial charge in [-0.3, -0.25) is 0 Å². The molecule has 4 heteroatoms. The molecule has 0 aliphatic rings. The summed E-state index contributed by atoms with van der Waals surface area (Å²) in [5.74, 6) is 0. The second-order valence-corrected chi connectivity index (χ2v) is 0.820. The quantitative estimate of drug-likeness (QED) is 0.306. The third-order valence-electron chi connectivity index (χ3n) is 0. The van der Waals surface area contributed by atoms with Crippen molar-refractivity contribution in [2.45, 2.75) is 0 Å². The summed E-state index contributed by atoms with van der Waals surface area (Å²) in [4.78, 5) is 1.69. The van der Waals surface area contributed by atoms with Crippen LogP contribution in [-0.4, -0.2) is 16.0 Å². The van der Waals surface area contributed by atoms with Crippen molar-refractivity contribution in [3.8, 4) is 10.4 Å². The number of thiocyanates is 1. The Hall–Kier alpha value is -0.151. The zero-order chi connectivity index (χ0) is 5.41. The number of nitrogens with zero attached hydrogens (tertiary/aromatic N) is 2. The van der Waals surface area contributed by atoms with E-state index in [4.69, 9.17) is 10.5 Å². The van der Waals surface area contributed by atoms with Gasteiger partial charge in [-0.25, -0.2) is 0 Å². The molecule has 0 atom stereocenters. The molecule has 0 aliphatic carbocycles. The fourth-order valence-corrected chi connectivity index (χ4v) is 0. The number of thiol groups is 1. The number of nitriles is 2. The van der Waals surface area contributed by atoms with Gasteiger partial charge in [0, 0.05) is 0 Å². The molecule has 0 aliphatic heterocycles. The minimum atomic E-state index is 1.44. The van der Waals surface area contributed by atoms with Crippen LogP contribution >= 0.6 is 12.6 Å².